The van der Waals surface area contributed by atoms with Crippen LogP contribution in [0.25, 0.3) is 11.7 Å². The predicted molar refractivity (Wildman–Crippen MR) is 93.8 cm³/mol. The van der Waals surface area contributed by atoms with Gasteiger partial charge in [0.2, 0.25) is 5.91 Å². The number of Topliss-reactive ketones (excluding diaryl/α,β-unsaturated/α-hetero) is 1. The molecule has 0 aromatic carbocycles. The minimum atomic E-state index is -0.0577. The summed E-state index contributed by atoms with van der Waals surface area (Å²) in [5.74, 6) is 0.936. The van der Waals surface area contributed by atoms with Crippen molar-refractivity contribution in [1.29, 1.82) is 0 Å². The van der Waals surface area contributed by atoms with Gasteiger partial charge < -0.3 is 14.2 Å². The summed E-state index contributed by atoms with van der Waals surface area (Å²) < 4.78 is 10.6. The number of ketones is 1. The van der Waals surface area contributed by atoms with Crippen LogP contribution in [0.5, 0.6) is 0 Å². The van der Waals surface area contributed by atoms with Crippen molar-refractivity contribution in [2.45, 2.75) is 18.6 Å². The third-order valence-corrected chi connectivity index (χ3v) is 5.15. The van der Waals surface area contributed by atoms with E-state index in [4.69, 9.17) is 8.83 Å². The Balaban J connectivity index is 1.51. The molecule has 0 bridgehead atoms. The van der Waals surface area contributed by atoms with Crippen molar-refractivity contribution in [2.24, 2.45) is 0 Å². The second-order valence-electron chi connectivity index (χ2n) is 5.06. The van der Waals surface area contributed by atoms with E-state index in [-0.39, 0.29) is 23.3 Å². The average molecular weight is 377 g/mol. The van der Waals surface area contributed by atoms with E-state index in [0.29, 0.717) is 28.8 Å². The van der Waals surface area contributed by atoms with Gasteiger partial charge in [-0.2, -0.15) is 0 Å². The fraction of sp³-hybridized carbons (Fsp3) is 0.250. The fourth-order valence-electron chi connectivity index (χ4n) is 1.99. The van der Waals surface area contributed by atoms with Gasteiger partial charge in [0.05, 0.1) is 16.9 Å². The molecule has 7 nitrogen and oxygen atoms in total. The Hall–Kier alpha value is -2.39. The third kappa shape index (κ3) is 4.80. The van der Waals surface area contributed by atoms with Crippen LogP contribution in [-0.4, -0.2) is 34.2 Å². The highest BCUT2D eigenvalue weighted by atomic mass is 32.2. The number of furan rings is 1. The van der Waals surface area contributed by atoms with E-state index in [0.717, 1.165) is 4.88 Å². The lowest BCUT2D eigenvalue weighted by molar-refractivity contribution is -0.118. The van der Waals surface area contributed by atoms with Crippen molar-refractivity contribution < 1.29 is 18.4 Å². The van der Waals surface area contributed by atoms with Crippen molar-refractivity contribution in [3.8, 4) is 11.7 Å². The molecule has 0 saturated heterocycles. The molecule has 0 fully saturated rings. The molecular weight excluding hydrogens is 362 g/mol. The van der Waals surface area contributed by atoms with E-state index in [9.17, 15) is 9.59 Å². The van der Waals surface area contributed by atoms with Gasteiger partial charge >= 0.3 is 0 Å². The number of carbonyl (C=O) groups excluding carboxylic acids is 2. The van der Waals surface area contributed by atoms with Gasteiger partial charge in [-0.3, -0.25) is 9.59 Å². The molecule has 0 aliphatic carbocycles. The van der Waals surface area contributed by atoms with E-state index in [1.807, 2.05) is 6.07 Å². The molecule has 0 unspecified atom stereocenters. The second kappa shape index (κ2) is 8.13. The maximum atomic E-state index is 12.3. The van der Waals surface area contributed by atoms with E-state index < -0.39 is 0 Å². The minimum absolute atomic E-state index is 0.00137. The van der Waals surface area contributed by atoms with Gasteiger partial charge in [0.25, 0.3) is 11.1 Å². The number of amides is 1. The molecule has 3 aromatic rings. The van der Waals surface area contributed by atoms with E-state index in [1.165, 1.54) is 36.3 Å². The van der Waals surface area contributed by atoms with Crippen molar-refractivity contribution in [3.05, 3.63) is 40.3 Å². The quantitative estimate of drug-likeness (QED) is 0.476. The molecule has 1 N–H and O–H groups in total. The SMILES string of the molecule is CC(=O)NCCc1ccc(C(=O)CSc2nnc(-c3ccco3)o2)s1. The number of nitrogens with zero attached hydrogens (tertiary/aromatic N) is 2. The lowest BCUT2D eigenvalue weighted by Crippen LogP contribution is -2.22. The Bertz CT molecular complexity index is 855. The maximum absolute atomic E-state index is 12.3. The van der Waals surface area contributed by atoms with Crippen LogP contribution in [0, 0.1) is 0 Å². The van der Waals surface area contributed by atoms with Crippen LogP contribution in [0.2, 0.25) is 0 Å². The molecule has 130 valence electrons. The molecule has 3 aromatic heterocycles. The van der Waals surface area contributed by atoms with Crippen LogP contribution >= 0.6 is 23.1 Å². The van der Waals surface area contributed by atoms with Gasteiger partial charge in [0.15, 0.2) is 11.5 Å². The Morgan fingerprint density at radius 1 is 1.28 bits per heavy atom. The summed E-state index contributed by atoms with van der Waals surface area (Å²) in [7, 11) is 0. The maximum Gasteiger partial charge on any atom is 0.284 e. The summed E-state index contributed by atoms with van der Waals surface area (Å²) in [6.07, 6.45) is 2.23. The van der Waals surface area contributed by atoms with Crippen LogP contribution in [0.15, 0.2) is 44.6 Å². The highest BCUT2D eigenvalue weighted by Crippen LogP contribution is 2.25. The largest absolute Gasteiger partial charge is 0.459 e. The van der Waals surface area contributed by atoms with Gasteiger partial charge in [-0.05, 0) is 30.7 Å². The van der Waals surface area contributed by atoms with Crippen LogP contribution in [0.3, 0.4) is 0 Å². The zero-order valence-electron chi connectivity index (χ0n) is 13.4. The Labute approximate surface area is 151 Å². The van der Waals surface area contributed by atoms with Crippen LogP contribution in [0.4, 0.5) is 0 Å². The van der Waals surface area contributed by atoms with Gasteiger partial charge in [-0.15, -0.1) is 21.5 Å². The van der Waals surface area contributed by atoms with Crippen molar-refractivity contribution in [3.63, 3.8) is 0 Å². The molecule has 0 atom stereocenters. The average Bonchev–Trinajstić information content (AvgIpc) is 3.32. The number of aromatic nitrogens is 2. The summed E-state index contributed by atoms with van der Waals surface area (Å²) in [5.41, 5.74) is 0. The highest BCUT2D eigenvalue weighted by Gasteiger charge is 2.15. The fourth-order valence-corrected chi connectivity index (χ4v) is 3.67. The molecule has 0 aliphatic heterocycles. The van der Waals surface area contributed by atoms with Crippen molar-refractivity contribution in [1.82, 2.24) is 15.5 Å². The first-order chi connectivity index (χ1) is 12.1. The molecule has 3 rings (SSSR count). The molecule has 3 heterocycles. The topological polar surface area (TPSA) is 98.2 Å². The monoisotopic (exact) mass is 377 g/mol. The molecule has 0 radical (unpaired) electrons. The molecule has 0 aliphatic rings. The molecule has 0 saturated carbocycles. The van der Waals surface area contributed by atoms with Gasteiger partial charge in [0.1, 0.15) is 0 Å². The van der Waals surface area contributed by atoms with Gasteiger partial charge in [-0.25, -0.2) is 0 Å². The van der Waals surface area contributed by atoms with Crippen LogP contribution in [0.1, 0.15) is 21.5 Å². The van der Waals surface area contributed by atoms with Crippen molar-refractivity contribution in [2.75, 3.05) is 12.3 Å². The van der Waals surface area contributed by atoms with Crippen LogP contribution in [-0.2, 0) is 11.2 Å². The summed E-state index contributed by atoms with van der Waals surface area (Å²) in [6.45, 7) is 2.05. The molecular formula is C16H15N3O4S2. The van der Waals surface area contributed by atoms with Crippen LogP contribution < -0.4 is 5.32 Å². The van der Waals surface area contributed by atoms with E-state index in [1.54, 1.807) is 18.2 Å². The first-order valence-electron chi connectivity index (χ1n) is 7.48. The smallest absolute Gasteiger partial charge is 0.284 e. The molecule has 1 amide bonds. The number of hydrogen-bond donors (Lipinski definition) is 1. The Morgan fingerprint density at radius 2 is 2.16 bits per heavy atom. The Kier molecular flexibility index (Phi) is 5.67. The van der Waals surface area contributed by atoms with Crippen molar-refractivity contribution >= 4 is 34.8 Å². The first-order valence-corrected chi connectivity index (χ1v) is 9.28. The minimum Gasteiger partial charge on any atom is -0.459 e. The summed E-state index contributed by atoms with van der Waals surface area (Å²) in [5, 5.41) is 10.8. The standard InChI is InChI=1S/C16H15N3O4S2/c1-10(20)17-7-6-11-4-5-14(25-11)12(21)9-24-16-19-18-15(23-16)13-3-2-8-22-13/h2-5,8H,6-7,9H2,1H3,(H,17,20). The normalized spacial score (nSPS) is 10.8. The molecule has 9 heteroatoms. The summed E-state index contributed by atoms with van der Waals surface area (Å²) in [4.78, 5) is 24.8. The number of rotatable bonds is 8. The number of thiophene rings is 1. The highest BCUT2D eigenvalue weighted by molar-refractivity contribution is 7.99. The molecule has 25 heavy (non-hydrogen) atoms. The zero-order chi connectivity index (χ0) is 17.6. The third-order valence-electron chi connectivity index (χ3n) is 3.15. The lowest BCUT2D eigenvalue weighted by atomic mass is 10.3. The number of thioether (sulfide) groups is 1. The summed E-state index contributed by atoms with van der Waals surface area (Å²) in [6, 6.07) is 7.17. The second-order valence-corrected chi connectivity index (χ2v) is 7.16. The van der Waals surface area contributed by atoms with E-state index >= 15 is 0 Å². The number of nitrogens with one attached hydrogen (secondary N) is 1. The lowest BCUT2D eigenvalue weighted by Gasteiger charge is -1.99. The zero-order valence-corrected chi connectivity index (χ0v) is 15.0. The van der Waals surface area contributed by atoms with E-state index in [2.05, 4.69) is 15.5 Å². The van der Waals surface area contributed by atoms with Gasteiger partial charge in [0, 0.05) is 18.3 Å². The summed E-state index contributed by atoms with van der Waals surface area (Å²) >= 11 is 2.63. The number of carbonyl (C=O) groups is 2. The van der Waals surface area contributed by atoms with Gasteiger partial charge in [-0.1, -0.05) is 11.8 Å². The number of hydrogen-bond acceptors (Lipinski definition) is 8. The Morgan fingerprint density at radius 3 is 2.92 bits per heavy atom. The first kappa shape index (κ1) is 17.4. The molecule has 0 spiro atoms. The predicted octanol–water partition coefficient (Wildman–Crippen LogP) is 3.04.